The van der Waals surface area contributed by atoms with Gasteiger partial charge in [0.05, 0.1) is 18.4 Å². The first-order chi connectivity index (χ1) is 18.1. The second-order valence-corrected chi connectivity index (χ2v) is 8.60. The molecule has 1 amide bonds. The molecule has 2 N–H and O–H groups in total. The number of amides is 1. The second-order valence-electron chi connectivity index (χ2n) is 8.60. The third kappa shape index (κ3) is 4.84. The van der Waals surface area contributed by atoms with E-state index in [4.69, 9.17) is 9.15 Å². The fraction of sp³-hybridized carbons (Fsp3) is 0.133. The molecule has 0 aliphatic carbocycles. The summed E-state index contributed by atoms with van der Waals surface area (Å²) in [5, 5.41) is 14.5. The van der Waals surface area contributed by atoms with Crippen molar-refractivity contribution in [2.45, 2.75) is 19.4 Å². The van der Waals surface area contributed by atoms with Gasteiger partial charge >= 0.3 is 0 Å². The van der Waals surface area contributed by atoms with Gasteiger partial charge in [0.2, 0.25) is 0 Å². The van der Waals surface area contributed by atoms with Gasteiger partial charge in [0.25, 0.3) is 11.7 Å². The number of aliphatic hydroxyl groups is 1. The topological polar surface area (TPSA) is 92.0 Å². The standard InChI is InChI=1S/C30H26N2O5/c1-2-18-36-24-16-10-20(11-17-24)28(33)26-27(25-9-6-19-37-25)32(30(35)29(26)34)23-14-12-22(13-15-23)31-21-7-4-3-5-8-21/h3-17,19,27,31,33H,2,18H2,1H3/b28-26-. The number of para-hydroxylation sites is 1. The zero-order valence-corrected chi connectivity index (χ0v) is 20.3. The van der Waals surface area contributed by atoms with Crippen molar-refractivity contribution in [1.82, 2.24) is 0 Å². The SMILES string of the molecule is CCCOc1ccc(/C(O)=C2/C(=O)C(=O)N(c3ccc(Nc4ccccc4)cc3)C2c2ccco2)cc1. The summed E-state index contributed by atoms with van der Waals surface area (Å²) in [4.78, 5) is 27.9. The molecule has 7 nitrogen and oxygen atoms in total. The molecule has 7 heteroatoms. The predicted molar refractivity (Wildman–Crippen MR) is 142 cm³/mol. The van der Waals surface area contributed by atoms with E-state index in [1.807, 2.05) is 49.4 Å². The van der Waals surface area contributed by atoms with Crippen LogP contribution in [-0.4, -0.2) is 23.4 Å². The van der Waals surface area contributed by atoms with E-state index < -0.39 is 17.7 Å². The van der Waals surface area contributed by atoms with Crippen molar-refractivity contribution < 1.29 is 23.8 Å². The van der Waals surface area contributed by atoms with E-state index in [-0.39, 0.29) is 11.3 Å². The molecule has 0 spiro atoms. The van der Waals surface area contributed by atoms with Crippen LogP contribution in [0.5, 0.6) is 5.75 Å². The molecule has 1 aliphatic heterocycles. The monoisotopic (exact) mass is 494 g/mol. The summed E-state index contributed by atoms with van der Waals surface area (Å²) >= 11 is 0. The molecule has 0 saturated carbocycles. The van der Waals surface area contributed by atoms with Gasteiger partial charge < -0.3 is 19.6 Å². The van der Waals surface area contributed by atoms with Gasteiger partial charge in [-0.3, -0.25) is 14.5 Å². The minimum Gasteiger partial charge on any atom is -0.507 e. The number of nitrogens with zero attached hydrogens (tertiary/aromatic N) is 1. The number of Topliss-reactive ketones (excluding diaryl/α,β-unsaturated/α-hetero) is 1. The molecule has 1 saturated heterocycles. The number of anilines is 3. The molecular formula is C30H26N2O5. The number of hydrogen-bond acceptors (Lipinski definition) is 6. The van der Waals surface area contributed by atoms with Crippen LogP contribution in [0.2, 0.25) is 0 Å². The Bertz CT molecular complexity index is 1410. The van der Waals surface area contributed by atoms with Crippen molar-refractivity contribution in [1.29, 1.82) is 0 Å². The first-order valence-electron chi connectivity index (χ1n) is 12.1. The van der Waals surface area contributed by atoms with E-state index in [9.17, 15) is 14.7 Å². The quantitative estimate of drug-likeness (QED) is 0.166. The molecule has 186 valence electrons. The van der Waals surface area contributed by atoms with Gasteiger partial charge in [-0.25, -0.2) is 0 Å². The minimum atomic E-state index is -0.918. The number of carbonyl (C=O) groups is 2. The molecule has 4 aromatic rings. The van der Waals surface area contributed by atoms with Crippen molar-refractivity contribution in [3.63, 3.8) is 0 Å². The molecule has 1 aliphatic rings. The molecule has 3 aromatic carbocycles. The average Bonchev–Trinajstić information content (AvgIpc) is 3.55. The van der Waals surface area contributed by atoms with Crippen molar-refractivity contribution in [3.05, 3.63) is 114 Å². The number of aliphatic hydroxyl groups excluding tert-OH is 1. The van der Waals surface area contributed by atoms with Crippen LogP contribution in [0.1, 0.15) is 30.7 Å². The molecule has 0 radical (unpaired) electrons. The molecular weight excluding hydrogens is 468 g/mol. The summed E-state index contributed by atoms with van der Waals surface area (Å²) in [7, 11) is 0. The molecule has 0 bridgehead atoms. The number of nitrogens with one attached hydrogen (secondary N) is 1. The second kappa shape index (κ2) is 10.5. The zero-order chi connectivity index (χ0) is 25.8. The maximum atomic E-state index is 13.3. The first kappa shape index (κ1) is 23.9. The van der Waals surface area contributed by atoms with Crippen molar-refractivity contribution >= 4 is 34.5 Å². The lowest BCUT2D eigenvalue weighted by atomic mass is 9.99. The third-order valence-corrected chi connectivity index (χ3v) is 6.07. The molecule has 1 aromatic heterocycles. The van der Waals surface area contributed by atoms with E-state index in [0.717, 1.165) is 17.8 Å². The summed E-state index contributed by atoms with van der Waals surface area (Å²) < 4.78 is 11.2. The highest BCUT2D eigenvalue weighted by atomic mass is 16.5. The lowest BCUT2D eigenvalue weighted by molar-refractivity contribution is -0.132. The van der Waals surface area contributed by atoms with E-state index in [2.05, 4.69) is 5.32 Å². The van der Waals surface area contributed by atoms with Gasteiger partial charge in [0.1, 0.15) is 23.3 Å². The number of hydrogen-bond donors (Lipinski definition) is 2. The first-order valence-corrected chi connectivity index (χ1v) is 12.1. The highest BCUT2D eigenvalue weighted by Gasteiger charge is 2.48. The molecule has 1 fully saturated rings. The normalized spacial score (nSPS) is 16.7. The van der Waals surface area contributed by atoms with Crippen LogP contribution >= 0.6 is 0 Å². The van der Waals surface area contributed by atoms with Gasteiger partial charge in [-0.05, 0) is 79.2 Å². The van der Waals surface area contributed by atoms with Crippen LogP contribution in [0, 0.1) is 0 Å². The Morgan fingerprint density at radius 1 is 0.919 bits per heavy atom. The van der Waals surface area contributed by atoms with E-state index in [0.29, 0.717) is 29.4 Å². The Balaban J connectivity index is 1.50. The van der Waals surface area contributed by atoms with Gasteiger partial charge in [-0.15, -0.1) is 0 Å². The highest BCUT2D eigenvalue weighted by Crippen LogP contribution is 2.42. The lowest BCUT2D eigenvalue weighted by Gasteiger charge is -2.23. The van der Waals surface area contributed by atoms with Crippen LogP contribution in [0.3, 0.4) is 0 Å². The summed E-state index contributed by atoms with van der Waals surface area (Å²) in [6, 6.07) is 26.1. The molecule has 2 heterocycles. The summed E-state index contributed by atoms with van der Waals surface area (Å²) in [5.41, 5.74) is 2.63. The summed E-state index contributed by atoms with van der Waals surface area (Å²) in [6.45, 7) is 2.59. The van der Waals surface area contributed by atoms with E-state index in [1.165, 1.54) is 11.2 Å². The Labute approximate surface area is 214 Å². The van der Waals surface area contributed by atoms with Gasteiger partial charge in [0.15, 0.2) is 0 Å². The third-order valence-electron chi connectivity index (χ3n) is 6.07. The molecule has 37 heavy (non-hydrogen) atoms. The Morgan fingerprint density at radius 2 is 1.62 bits per heavy atom. The van der Waals surface area contributed by atoms with Crippen LogP contribution in [0.4, 0.5) is 17.1 Å². The number of ether oxygens (including phenoxy) is 1. The smallest absolute Gasteiger partial charge is 0.300 e. The van der Waals surface area contributed by atoms with Crippen LogP contribution in [0.15, 0.2) is 107 Å². The Kier molecular flexibility index (Phi) is 6.76. The molecule has 1 atom stereocenters. The average molecular weight is 495 g/mol. The maximum absolute atomic E-state index is 13.3. The van der Waals surface area contributed by atoms with Crippen molar-refractivity contribution in [3.8, 4) is 5.75 Å². The van der Waals surface area contributed by atoms with Crippen molar-refractivity contribution in [2.75, 3.05) is 16.8 Å². The van der Waals surface area contributed by atoms with Gasteiger partial charge in [-0.1, -0.05) is 25.1 Å². The minimum absolute atomic E-state index is 0.0336. The number of benzene rings is 3. The number of ketones is 1. The molecule has 1 unspecified atom stereocenters. The van der Waals surface area contributed by atoms with Crippen LogP contribution < -0.4 is 15.0 Å². The van der Waals surface area contributed by atoms with Crippen LogP contribution in [0.25, 0.3) is 5.76 Å². The Morgan fingerprint density at radius 3 is 2.27 bits per heavy atom. The Hall–Kier alpha value is -4.78. The zero-order valence-electron chi connectivity index (χ0n) is 20.3. The highest BCUT2D eigenvalue weighted by molar-refractivity contribution is 6.51. The van der Waals surface area contributed by atoms with E-state index in [1.54, 1.807) is 48.5 Å². The predicted octanol–water partition coefficient (Wildman–Crippen LogP) is 6.44. The number of carbonyl (C=O) groups excluding carboxylic acids is 2. The molecule has 5 rings (SSSR count). The summed E-state index contributed by atoms with van der Waals surface area (Å²) in [5.74, 6) is -0.765. The van der Waals surface area contributed by atoms with Crippen molar-refractivity contribution in [2.24, 2.45) is 0 Å². The fourth-order valence-corrected chi connectivity index (χ4v) is 4.29. The number of furan rings is 1. The fourth-order valence-electron chi connectivity index (χ4n) is 4.29. The van der Waals surface area contributed by atoms with Gasteiger partial charge in [-0.2, -0.15) is 0 Å². The van der Waals surface area contributed by atoms with Crippen LogP contribution in [-0.2, 0) is 9.59 Å². The largest absolute Gasteiger partial charge is 0.507 e. The lowest BCUT2D eigenvalue weighted by Crippen LogP contribution is -2.29. The maximum Gasteiger partial charge on any atom is 0.300 e. The van der Waals surface area contributed by atoms with Gasteiger partial charge in [0, 0.05) is 22.6 Å². The number of rotatable bonds is 8. The van der Waals surface area contributed by atoms with E-state index >= 15 is 0 Å². The summed E-state index contributed by atoms with van der Waals surface area (Å²) in [6.07, 6.45) is 2.35.